The minimum atomic E-state index is -0.553. The molecule has 0 aromatic heterocycles. The third kappa shape index (κ3) is 3.84. The quantitative estimate of drug-likeness (QED) is 0.593. The number of carbonyl (C=O) groups is 2. The first-order valence-electron chi connectivity index (χ1n) is 4.66. The number of hydrogen-bond donors (Lipinski definition) is 1. The molecule has 1 N–H and O–H groups in total. The van der Waals surface area contributed by atoms with Gasteiger partial charge in [-0.1, -0.05) is 24.1 Å². The maximum atomic E-state index is 11.5. The van der Waals surface area contributed by atoms with Crippen LogP contribution in [0.3, 0.4) is 0 Å². The smallest absolute Gasteiger partial charge is 0.326 e. The number of amides is 1. The van der Waals surface area contributed by atoms with Crippen molar-refractivity contribution in [3.8, 4) is 12.3 Å². The zero-order valence-electron chi connectivity index (χ0n) is 8.60. The molecule has 0 saturated carbocycles. The van der Waals surface area contributed by atoms with Crippen LogP contribution in [0.2, 0.25) is 0 Å². The molecule has 0 aliphatic heterocycles. The first-order valence-corrected chi connectivity index (χ1v) is 4.66. The molecule has 1 aromatic carbocycles. The molecule has 0 radical (unpaired) electrons. The van der Waals surface area contributed by atoms with Crippen LogP contribution in [0.5, 0.6) is 0 Å². The van der Waals surface area contributed by atoms with Crippen LogP contribution in [0.4, 0.5) is 0 Å². The van der Waals surface area contributed by atoms with Crippen LogP contribution < -0.4 is 5.32 Å². The summed E-state index contributed by atoms with van der Waals surface area (Å²) in [5, 5.41) is 2.43. The first kappa shape index (κ1) is 11.8. The van der Waals surface area contributed by atoms with E-state index < -0.39 is 5.97 Å². The van der Waals surface area contributed by atoms with Gasteiger partial charge in [-0.05, 0) is 12.1 Å². The maximum absolute atomic E-state index is 11.5. The van der Waals surface area contributed by atoms with Gasteiger partial charge in [-0.25, -0.2) is 0 Å². The van der Waals surface area contributed by atoms with Crippen LogP contribution in [0.25, 0.3) is 0 Å². The van der Waals surface area contributed by atoms with Gasteiger partial charge in [-0.15, -0.1) is 6.42 Å². The topological polar surface area (TPSA) is 55.4 Å². The molecule has 0 saturated heterocycles. The molecule has 0 heterocycles. The van der Waals surface area contributed by atoms with Crippen molar-refractivity contribution < 1.29 is 14.3 Å². The molecule has 0 atom stereocenters. The largest absolute Gasteiger partial charge is 0.451 e. The van der Waals surface area contributed by atoms with Crippen molar-refractivity contribution in [1.29, 1.82) is 0 Å². The fraction of sp³-hybridized carbons (Fsp3) is 0.167. The summed E-state index contributed by atoms with van der Waals surface area (Å²) in [6, 6.07) is 8.60. The second-order valence-electron chi connectivity index (χ2n) is 2.91. The Balaban J connectivity index is 2.37. The highest BCUT2D eigenvalue weighted by atomic mass is 16.5. The van der Waals surface area contributed by atoms with Crippen LogP contribution in [0.15, 0.2) is 30.3 Å². The molecule has 0 aliphatic carbocycles. The third-order valence-corrected chi connectivity index (χ3v) is 1.75. The Morgan fingerprint density at radius 2 is 2.00 bits per heavy atom. The highest BCUT2D eigenvalue weighted by Crippen LogP contribution is 1.97. The summed E-state index contributed by atoms with van der Waals surface area (Å²) in [5.74, 6) is 1.29. The van der Waals surface area contributed by atoms with Crippen molar-refractivity contribution in [2.24, 2.45) is 0 Å². The molecule has 82 valence electrons. The Morgan fingerprint density at radius 1 is 1.31 bits per heavy atom. The van der Waals surface area contributed by atoms with Gasteiger partial charge in [0.15, 0.2) is 6.61 Å². The van der Waals surface area contributed by atoms with Crippen LogP contribution >= 0.6 is 0 Å². The number of hydrogen-bond acceptors (Lipinski definition) is 3. The number of rotatable bonds is 4. The van der Waals surface area contributed by atoms with Crippen molar-refractivity contribution in [1.82, 2.24) is 5.32 Å². The van der Waals surface area contributed by atoms with E-state index in [2.05, 4.69) is 16.0 Å². The molecule has 4 heteroatoms. The summed E-state index contributed by atoms with van der Waals surface area (Å²) in [6.45, 7) is -0.268. The predicted molar refractivity (Wildman–Crippen MR) is 58.6 cm³/mol. The summed E-state index contributed by atoms with van der Waals surface area (Å²) in [7, 11) is 0. The number of terminal acetylenes is 1. The standard InChI is InChI=1S/C12H11NO3/c1-2-8-16-11(14)9-13-12(15)10-6-4-3-5-7-10/h1,3-7H,8-9H2,(H,13,15). The lowest BCUT2D eigenvalue weighted by Gasteiger charge is -2.04. The van der Waals surface area contributed by atoms with Crippen LogP contribution in [-0.4, -0.2) is 25.0 Å². The lowest BCUT2D eigenvalue weighted by Crippen LogP contribution is -2.30. The Hall–Kier alpha value is -2.28. The van der Waals surface area contributed by atoms with Gasteiger partial charge >= 0.3 is 5.97 Å². The Kier molecular flexibility index (Phi) is 4.61. The van der Waals surface area contributed by atoms with E-state index in [1.807, 2.05) is 0 Å². The second-order valence-corrected chi connectivity index (χ2v) is 2.91. The molecule has 1 amide bonds. The first-order chi connectivity index (χ1) is 7.74. The molecule has 1 aromatic rings. The van der Waals surface area contributed by atoms with E-state index in [4.69, 9.17) is 6.42 Å². The minimum absolute atomic E-state index is 0.0833. The molecule has 0 aliphatic rings. The monoisotopic (exact) mass is 217 g/mol. The van der Waals surface area contributed by atoms with E-state index in [0.29, 0.717) is 5.56 Å². The number of benzene rings is 1. The Morgan fingerprint density at radius 3 is 2.62 bits per heavy atom. The van der Waals surface area contributed by atoms with Gasteiger partial charge < -0.3 is 10.1 Å². The fourth-order valence-electron chi connectivity index (χ4n) is 1.02. The van der Waals surface area contributed by atoms with Crippen LogP contribution in [-0.2, 0) is 9.53 Å². The summed E-state index contributed by atoms with van der Waals surface area (Å²) in [4.78, 5) is 22.5. The number of carbonyl (C=O) groups excluding carboxylic acids is 2. The third-order valence-electron chi connectivity index (χ3n) is 1.75. The molecule has 0 bridgehead atoms. The van der Waals surface area contributed by atoms with Gasteiger partial charge in [-0.2, -0.15) is 0 Å². The van der Waals surface area contributed by atoms with E-state index in [9.17, 15) is 9.59 Å². The second kappa shape index (κ2) is 6.25. The van der Waals surface area contributed by atoms with Gasteiger partial charge in [0, 0.05) is 5.56 Å². The van der Waals surface area contributed by atoms with E-state index in [1.54, 1.807) is 30.3 Å². The zero-order chi connectivity index (χ0) is 11.8. The SMILES string of the molecule is C#CCOC(=O)CNC(=O)c1ccccc1. The molecule has 16 heavy (non-hydrogen) atoms. The highest BCUT2D eigenvalue weighted by Gasteiger charge is 2.07. The van der Waals surface area contributed by atoms with Crippen molar-refractivity contribution in [3.05, 3.63) is 35.9 Å². The molecule has 0 fully saturated rings. The maximum Gasteiger partial charge on any atom is 0.326 e. The lowest BCUT2D eigenvalue weighted by atomic mass is 10.2. The van der Waals surface area contributed by atoms with E-state index >= 15 is 0 Å². The lowest BCUT2D eigenvalue weighted by molar-refractivity contribution is -0.140. The van der Waals surface area contributed by atoms with Crippen molar-refractivity contribution >= 4 is 11.9 Å². The summed E-state index contributed by atoms with van der Waals surface area (Å²) < 4.78 is 4.59. The fourth-order valence-corrected chi connectivity index (χ4v) is 1.02. The van der Waals surface area contributed by atoms with E-state index in [-0.39, 0.29) is 19.1 Å². The van der Waals surface area contributed by atoms with E-state index in [1.165, 1.54) is 0 Å². The molecular formula is C12H11NO3. The summed E-state index contributed by atoms with van der Waals surface area (Å²) in [5.41, 5.74) is 0.493. The van der Waals surface area contributed by atoms with Gasteiger partial charge in [0.2, 0.25) is 0 Å². The number of ether oxygens (including phenoxy) is 1. The van der Waals surface area contributed by atoms with Crippen LogP contribution in [0.1, 0.15) is 10.4 Å². The highest BCUT2D eigenvalue weighted by molar-refractivity contribution is 5.95. The minimum Gasteiger partial charge on any atom is -0.451 e. The van der Waals surface area contributed by atoms with Crippen LogP contribution in [0, 0.1) is 12.3 Å². The number of esters is 1. The van der Waals surface area contributed by atoms with Crippen molar-refractivity contribution in [2.45, 2.75) is 0 Å². The Bertz CT molecular complexity index is 406. The van der Waals surface area contributed by atoms with Crippen molar-refractivity contribution in [3.63, 3.8) is 0 Å². The molecule has 4 nitrogen and oxygen atoms in total. The average Bonchev–Trinajstić information content (AvgIpc) is 2.34. The average molecular weight is 217 g/mol. The van der Waals surface area contributed by atoms with E-state index in [0.717, 1.165) is 0 Å². The van der Waals surface area contributed by atoms with Gasteiger partial charge in [0.05, 0.1) is 0 Å². The van der Waals surface area contributed by atoms with Crippen molar-refractivity contribution in [2.75, 3.05) is 13.2 Å². The molecular weight excluding hydrogens is 206 g/mol. The summed E-state index contributed by atoms with van der Waals surface area (Å²) in [6.07, 6.45) is 4.91. The van der Waals surface area contributed by atoms with Gasteiger partial charge in [0.1, 0.15) is 6.54 Å². The van der Waals surface area contributed by atoms with Gasteiger partial charge in [0.25, 0.3) is 5.91 Å². The van der Waals surface area contributed by atoms with Gasteiger partial charge in [-0.3, -0.25) is 9.59 Å². The molecule has 1 rings (SSSR count). The zero-order valence-corrected chi connectivity index (χ0v) is 8.60. The number of nitrogens with one attached hydrogen (secondary N) is 1. The molecule has 0 unspecified atom stereocenters. The Labute approximate surface area is 93.6 Å². The molecule has 0 spiro atoms. The summed E-state index contributed by atoms with van der Waals surface area (Å²) >= 11 is 0. The normalized spacial score (nSPS) is 8.94. The predicted octanol–water partition coefficient (Wildman–Crippen LogP) is 0.593.